The quantitative estimate of drug-likeness (QED) is 0.557. The van der Waals surface area contributed by atoms with Crippen LogP contribution >= 0.6 is 22.9 Å². The number of halogens is 1. The average Bonchev–Trinajstić information content (AvgIpc) is 2.77. The van der Waals surface area contributed by atoms with Crippen LogP contribution in [0.25, 0.3) is 10.1 Å². The van der Waals surface area contributed by atoms with Crippen molar-refractivity contribution in [1.82, 2.24) is 0 Å². The predicted octanol–water partition coefficient (Wildman–Crippen LogP) is 4.09. The number of ether oxygens (including phenoxy) is 1. The van der Waals surface area contributed by atoms with Crippen LogP contribution in [0.5, 0.6) is 0 Å². The zero-order valence-electron chi connectivity index (χ0n) is 9.12. The van der Waals surface area contributed by atoms with Crippen LogP contribution in [-0.4, -0.2) is 19.1 Å². The van der Waals surface area contributed by atoms with E-state index >= 15 is 0 Å². The zero-order chi connectivity index (χ0) is 11.2. The lowest BCUT2D eigenvalue weighted by atomic mass is 10.1. The van der Waals surface area contributed by atoms with E-state index in [0.717, 1.165) is 26.1 Å². The second-order valence-electron chi connectivity index (χ2n) is 3.66. The van der Waals surface area contributed by atoms with Crippen molar-refractivity contribution in [2.24, 2.45) is 0 Å². The second kappa shape index (κ2) is 6.24. The highest BCUT2D eigenvalue weighted by Crippen LogP contribution is 2.24. The van der Waals surface area contributed by atoms with E-state index in [0.29, 0.717) is 5.88 Å². The molecule has 0 aliphatic heterocycles. The van der Waals surface area contributed by atoms with E-state index in [1.807, 2.05) is 0 Å². The lowest BCUT2D eigenvalue weighted by molar-refractivity contribution is 0.138. The zero-order valence-corrected chi connectivity index (χ0v) is 10.7. The van der Waals surface area contributed by atoms with Gasteiger partial charge in [-0.15, -0.1) is 22.9 Å². The minimum atomic E-state index is 0.681. The van der Waals surface area contributed by atoms with Crippen LogP contribution in [0.3, 0.4) is 0 Å². The summed E-state index contributed by atoms with van der Waals surface area (Å²) >= 11 is 7.39. The number of benzene rings is 1. The number of thiophene rings is 1. The van der Waals surface area contributed by atoms with Crippen LogP contribution in [0.15, 0.2) is 29.6 Å². The first-order chi connectivity index (χ1) is 7.92. The van der Waals surface area contributed by atoms with Crippen molar-refractivity contribution in [1.29, 1.82) is 0 Å². The van der Waals surface area contributed by atoms with Gasteiger partial charge < -0.3 is 4.74 Å². The SMILES string of the molecule is ClCCCOCCc1cccc2ccsc12. The molecule has 0 spiro atoms. The lowest BCUT2D eigenvalue weighted by Crippen LogP contribution is -2.00. The van der Waals surface area contributed by atoms with Crippen molar-refractivity contribution in [3.63, 3.8) is 0 Å². The van der Waals surface area contributed by atoms with Gasteiger partial charge in [0.1, 0.15) is 0 Å². The first-order valence-electron chi connectivity index (χ1n) is 5.50. The van der Waals surface area contributed by atoms with Crippen LogP contribution in [0.4, 0.5) is 0 Å². The Bertz CT molecular complexity index is 438. The number of hydrogen-bond acceptors (Lipinski definition) is 2. The molecule has 0 aliphatic rings. The summed E-state index contributed by atoms with van der Waals surface area (Å²) in [5.74, 6) is 0.681. The van der Waals surface area contributed by atoms with E-state index in [1.165, 1.54) is 15.6 Å². The van der Waals surface area contributed by atoms with Crippen LogP contribution in [0.1, 0.15) is 12.0 Å². The van der Waals surface area contributed by atoms with Crippen LogP contribution in [-0.2, 0) is 11.2 Å². The molecule has 0 atom stereocenters. The summed E-state index contributed by atoms with van der Waals surface area (Å²) in [5, 5.41) is 3.48. The number of hydrogen-bond donors (Lipinski definition) is 0. The Balaban J connectivity index is 1.91. The van der Waals surface area contributed by atoms with Gasteiger partial charge in [-0.1, -0.05) is 18.2 Å². The summed E-state index contributed by atoms with van der Waals surface area (Å²) in [6, 6.07) is 8.62. The molecule has 0 fully saturated rings. The van der Waals surface area contributed by atoms with Crippen molar-refractivity contribution in [3.8, 4) is 0 Å². The molecule has 1 heterocycles. The van der Waals surface area contributed by atoms with Gasteiger partial charge in [0, 0.05) is 17.2 Å². The van der Waals surface area contributed by atoms with Crippen LogP contribution in [0.2, 0.25) is 0 Å². The van der Waals surface area contributed by atoms with E-state index in [2.05, 4.69) is 29.6 Å². The molecule has 0 amide bonds. The summed E-state index contributed by atoms with van der Waals surface area (Å²) in [4.78, 5) is 0. The van der Waals surface area contributed by atoms with Gasteiger partial charge in [-0.2, -0.15) is 0 Å². The molecule has 0 saturated carbocycles. The Morgan fingerprint density at radius 3 is 3.00 bits per heavy atom. The normalized spacial score (nSPS) is 11.1. The van der Waals surface area contributed by atoms with Gasteiger partial charge in [0.25, 0.3) is 0 Å². The number of fused-ring (bicyclic) bond motifs is 1. The maximum atomic E-state index is 5.58. The fourth-order valence-electron chi connectivity index (χ4n) is 1.69. The number of alkyl halides is 1. The maximum Gasteiger partial charge on any atom is 0.0506 e. The van der Waals surface area contributed by atoms with Crippen molar-refractivity contribution >= 4 is 33.0 Å². The van der Waals surface area contributed by atoms with E-state index in [-0.39, 0.29) is 0 Å². The molecule has 0 aliphatic carbocycles. The predicted molar refractivity (Wildman–Crippen MR) is 71.7 cm³/mol. The van der Waals surface area contributed by atoms with E-state index < -0.39 is 0 Å². The van der Waals surface area contributed by atoms with Crippen molar-refractivity contribution in [2.75, 3.05) is 19.1 Å². The third kappa shape index (κ3) is 2.97. The monoisotopic (exact) mass is 254 g/mol. The van der Waals surface area contributed by atoms with E-state index in [4.69, 9.17) is 16.3 Å². The Labute approximate surface area is 105 Å². The minimum absolute atomic E-state index is 0.681. The molecular weight excluding hydrogens is 240 g/mol. The smallest absolute Gasteiger partial charge is 0.0506 e. The van der Waals surface area contributed by atoms with Crippen molar-refractivity contribution < 1.29 is 4.74 Å². The third-order valence-corrected chi connectivity index (χ3v) is 3.77. The lowest BCUT2D eigenvalue weighted by Gasteiger charge is -2.04. The summed E-state index contributed by atoms with van der Waals surface area (Å²) < 4.78 is 6.92. The Morgan fingerprint density at radius 2 is 2.12 bits per heavy atom. The summed E-state index contributed by atoms with van der Waals surface area (Å²) in [6.07, 6.45) is 1.92. The highest BCUT2D eigenvalue weighted by molar-refractivity contribution is 7.17. The largest absolute Gasteiger partial charge is 0.381 e. The summed E-state index contributed by atoms with van der Waals surface area (Å²) in [6.45, 7) is 1.55. The molecule has 3 heteroatoms. The number of rotatable bonds is 6. The first-order valence-corrected chi connectivity index (χ1v) is 6.92. The summed E-state index contributed by atoms with van der Waals surface area (Å²) in [7, 11) is 0. The highest BCUT2D eigenvalue weighted by atomic mass is 35.5. The Hall–Kier alpha value is -0.570. The van der Waals surface area contributed by atoms with Crippen LogP contribution in [0, 0.1) is 0 Å². The molecule has 1 nitrogen and oxygen atoms in total. The fourth-order valence-corrected chi connectivity index (χ4v) is 2.75. The van der Waals surface area contributed by atoms with Gasteiger partial charge >= 0.3 is 0 Å². The van der Waals surface area contributed by atoms with Gasteiger partial charge in [0.15, 0.2) is 0 Å². The van der Waals surface area contributed by atoms with Crippen LogP contribution < -0.4 is 0 Å². The molecule has 0 N–H and O–H groups in total. The topological polar surface area (TPSA) is 9.23 Å². The molecular formula is C13H15ClOS. The van der Waals surface area contributed by atoms with Gasteiger partial charge in [0.05, 0.1) is 6.61 Å². The van der Waals surface area contributed by atoms with E-state index in [9.17, 15) is 0 Å². The standard InChI is InChI=1S/C13H15ClOS/c14-7-2-8-15-9-5-11-3-1-4-12-6-10-16-13(11)12/h1,3-4,6,10H,2,5,7-9H2. The van der Waals surface area contributed by atoms with Crippen molar-refractivity contribution in [2.45, 2.75) is 12.8 Å². The minimum Gasteiger partial charge on any atom is -0.381 e. The molecule has 0 radical (unpaired) electrons. The molecule has 0 bridgehead atoms. The average molecular weight is 255 g/mol. The highest BCUT2D eigenvalue weighted by Gasteiger charge is 2.01. The molecule has 0 saturated heterocycles. The Morgan fingerprint density at radius 1 is 1.19 bits per heavy atom. The second-order valence-corrected chi connectivity index (χ2v) is 4.96. The van der Waals surface area contributed by atoms with Crippen molar-refractivity contribution in [3.05, 3.63) is 35.2 Å². The van der Waals surface area contributed by atoms with Gasteiger partial charge in [-0.25, -0.2) is 0 Å². The molecule has 86 valence electrons. The third-order valence-electron chi connectivity index (χ3n) is 2.50. The van der Waals surface area contributed by atoms with Gasteiger partial charge in [0.2, 0.25) is 0 Å². The summed E-state index contributed by atoms with van der Waals surface area (Å²) in [5.41, 5.74) is 1.39. The van der Waals surface area contributed by atoms with E-state index in [1.54, 1.807) is 11.3 Å². The Kier molecular flexibility index (Phi) is 4.64. The molecule has 1 aromatic carbocycles. The maximum absolute atomic E-state index is 5.58. The molecule has 0 unspecified atom stereocenters. The molecule has 16 heavy (non-hydrogen) atoms. The van der Waals surface area contributed by atoms with Gasteiger partial charge in [-0.05, 0) is 35.2 Å². The van der Waals surface area contributed by atoms with Gasteiger partial charge in [-0.3, -0.25) is 0 Å². The molecule has 2 aromatic rings. The molecule has 1 aromatic heterocycles. The molecule has 2 rings (SSSR count). The fraction of sp³-hybridized carbons (Fsp3) is 0.385. The first kappa shape index (κ1) is 11.9.